The lowest BCUT2D eigenvalue weighted by molar-refractivity contribution is 0.532. The topological polar surface area (TPSA) is 0 Å². The van der Waals surface area contributed by atoms with Crippen molar-refractivity contribution in [1.82, 2.24) is 0 Å². The summed E-state index contributed by atoms with van der Waals surface area (Å²) in [5.41, 5.74) is 0. The molecule has 0 rings (SSSR count). The highest BCUT2D eigenvalue weighted by Gasteiger charge is 1.94. The Morgan fingerprint density at radius 2 is 0.700 bits per heavy atom. The summed E-state index contributed by atoms with van der Waals surface area (Å²) in [5.74, 6) is 0. The molecule has 0 N–H and O–H groups in total. The molecule has 20 heavy (non-hydrogen) atoms. The minimum Gasteiger partial charge on any atom is -0.0864 e. The van der Waals surface area contributed by atoms with Crippen molar-refractivity contribution in [3.05, 3.63) is 0 Å². The van der Waals surface area contributed by atoms with E-state index in [1.54, 1.807) is 0 Å². The first-order chi connectivity index (χ1) is 9.41. The molecular weight excluding hydrogens is 367 g/mol. The molecule has 0 heterocycles. The van der Waals surface area contributed by atoms with Gasteiger partial charge < -0.3 is 0 Å². The van der Waals surface area contributed by atoms with Crippen LogP contribution in [0.5, 0.6) is 0 Å². The second kappa shape index (κ2) is 22.8. The maximum absolute atomic E-state index is 2.49. The van der Waals surface area contributed by atoms with Gasteiger partial charge >= 0.3 is 23.1 Å². The highest BCUT2D eigenvalue weighted by molar-refractivity contribution is 14.1. The molecule has 0 aromatic heterocycles. The van der Waals surface area contributed by atoms with Crippen LogP contribution in [0, 0.1) is 0 Å². The molecule has 120 valence electrons. The fraction of sp³-hybridized carbons (Fsp3) is 1.00. The van der Waals surface area contributed by atoms with Gasteiger partial charge in [-0.2, -0.15) is 0 Å². The van der Waals surface area contributed by atoms with Gasteiger partial charge in [-0.15, -0.1) is 0 Å². The zero-order valence-corrected chi connectivity index (χ0v) is 15.6. The molecule has 0 unspecified atom stereocenters. The Balaban J connectivity index is 0. The Morgan fingerprint density at radius 3 is 0.950 bits per heavy atom. The number of hydrogen-bond acceptors (Lipinski definition) is 0. The second-order valence-electron chi connectivity index (χ2n) is 5.99. The summed E-state index contributed by atoms with van der Waals surface area (Å²) in [6.07, 6.45) is 23.5. The monoisotopic (exact) mass is 406 g/mol. The standard InChI is InChI=1S/C18H37I.Mg.2H/c1-2-3-4-5-6-7-8-9-10-11-12-13-14-15-16-17-18-19;;;/h2-18H2,1H3;;;. The van der Waals surface area contributed by atoms with Crippen LogP contribution in [0.3, 0.4) is 0 Å². The molecular formula is C18H39IMg. The SMILES string of the molecule is CCCCCCCCCCCCCCCCCCI.[MgH2]. The summed E-state index contributed by atoms with van der Waals surface area (Å²) < 4.78 is 1.34. The smallest absolute Gasteiger partial charge is 0.0864 e. The van der Waals surface area contributed by atoms with Crippen molar-refractivity contribution in [3.63, 3.8) is 0 Å². The van der Waals surface area contributed by atoms with E-state index < -0.39 is 0 Å². The summed E-state index contributed by atoms with van der Waals surface area (Å²) in [6.45, 7) is 2.30. The van der Waals surface area contributed by atoms with Gasteiger partial charge in [0, 0.05) is 0 Å². The van der Waals surface area contributed by atoms with Gasteiger partial charge in [-0.05, 0) is 10.8 Å². The highest BCUT2D eigenvalue weighted by Crippen LogP contribution is 2.13. The molecule has 0 aliphatic rings. The van der Waals surface area contributed by atoms with Crippen molar-refractivity contribution >= 4 is 45.6 Å². The largest absolute Gasteiger partial charge is 0.316 e. The summed E-state index contributed by atoms with van der Waals surface area (Å²) in [6, 6.07) is 0. The zero-order valence-electron chi connectivity index (χ0n) is 13.4. The van der Waals surface area contributed by atoms with Crippen molar-refractivity contribution in [3.8, 4) is 0 Å². The van der Waals surface area contributed by atoms with E-state index in [1.165, 1.54) is 107 Å². The molecule has 0 nitrogen and oxygen atoms in total. The van der Waals surface area contributed by atoms with E-state index >= 15 is 0 Å². The average molecular weight is 407 g/mol. The van der Waals surface area contributed by atoms with E-state index in [4.69, 9.17) is 0 Å². The molecule has 0 saturated heterocycles. The number of alkyl halides is 1. The van der Waals surface area contributed by atoms with Gasteiger partial charge in [0.15, 0.2) is 0 Å². The van der Waals surface area contributed by atoms with E-state index in [0.717, 1.165) is 0 Å². The predicted molar refractivity (Wildman–Crippen MR) is 107 cm³/mol. The molecule has 0 radical (unpaired) electrons. The van der Waals surface area contributed by atoms with E-state index in [-0.39, 0.29) is 23.1 Å². The van der Waals surface area contributed by atoms with Crippen molar-refractivity contribution in [2.75, 3.05) is 4.43 Å². The van der Waals surface area contributed by atoms with E-state index in [2.05, 4.69) is 29.5 Å². The molecule has 0 spiro atoms. The lowest BCUT2D eigenvalue weighted by atomic mass is 10.0. The Bertz CT molecular complexity index is 134. The third-order valence-electron chi connectivity index (χ3n) is 3.99. The Hall–Kier alpha value is 1.50. The lowest BCUT2D eigenvalue weighted by Gasteiger charge is -2.03. The first kappa shape index (κ1) is 23.8. The van der Waals surface area contributed by atoms with Crippen LogP contribution in [-0.4, -0.2) is 27.5 Å². The summed E-state index contributed by atoms with van der Waals surface area (Å²) in [5, 5.41) is 0. The predicted octanol–water partition coefficient (Wildman–Crippen LogP) is 6.77. The molecule has 0 atom stereocenters. The number of hydrogen-bond donors (Lipinski definition) is 0. The average Bonchev–Trinajstić information content (AvgIpc) is 2.43. The van der Waals surface area contributed by atoms with Crippen LogP contribution in [0.1, 0.15) is 110 Å². The van der Waals surface area contributed by atoms with E-state index in [9.17, 15) is 0 Å². The van der Waals surface area contributed by atoms with Crippen LogP contribution in [0.4, 0.5) is 0 Å². The minimum atomic E-state index is 0. The van der Waals surface area contributed by atoms with Gasteiger partial charge in [0.25, 0.3) is 0 Å². The molecule has 0 bridgehead atoms. The van der Waals surface area contributed by atoms with Gasteiger partial charge in [0.05, 0.1) is 0 Å². The fourth-order valence-corrected chi connectivity index (χ4v) is 3.18. The second-order valence-corrected chi connectivity index (χ2v) is 7.07. The van der Waals surface area contributed by atoms with Crippen LogP contribution in [-0.2, 0) is 0 Å². The van der Waals surface area contributed by atoms with E-state index in [0.29, 0.717) is 0 Å². The molecule has 0 aromatic rings. The van der Waals surface area contributed by atoms with Crippen LogP contribution in [0.15, 0.2) is 0 Å². The number of halogens is 1. The summed E-state index contributed by atoms with van der Waals surface area (Å²) in [7, 11) is 0. The highest BCUT2D eigenvalue weighted by atomic mass is 127. The van der Waals surface area contributed by atoms with Crippen LogP contribution in [0.25, 0.3) is 0 Å². The van der Waals surface area contributed by atoms with Gasteiger partial charge in [-0.3, -0.25) is 0 Å². The molecule has 0 fully saturated rings. The quantitative estimate of drug-likeness (QED) is 0.115. The molecule has 0 amide bonds. The molecule has 0 aromatic carbocycles. The van der Waals surface area contributed by atoms with Gasteiger partial charge in [0.2, 0.25) is 0 Å². The van der Waals surface area contributed by atoms with Crippen LogP contribution < -0.4 is 0 Å². The fourth-order valence-electron chi connectivity index (χ4n) is 2.64. The van der Waals surface area contributed by atoms with Crippen molar-refractivity contribution < 1.29 is 0 Å². The van der Waals surface area contributed by atoms with Crippen molar-refractivity contribution in [1.29, 1.82) is 0 Å². The van der Waals surface area contributed by atoms with Gasteiger partial charge in [-0.1, -0.05) is 126 Å². The Labute approximate surface area is 158 Å². The normalized spacial score (nSPS) is 10.5. The summed E-state index contributed by atoms with van der Waals surface area (Å²) >= 11 is 2.49. The van der Waals surface area contributed by atoms with E-state index in [1.807, 2.05) is 0 Å². The summed E-state index contributed by atoms with van der Waals surface area (Å²) in [4.78, 5) is 0. The maximum atomic E-state index is 2.49. The molecule has 0 aliphatic heterocycles. The maximum Gasteiger partial charge on any atom is 0.316 e. The van der Waals surface area contributed by atoms with Crippen molar-refractivity contribution in [2.45, 2.75) is 110 Å². The third kappa shape index (κ3) is 21.8. The Kier molecular flexibility index (Phi) is 27.1. The lowest BCUT2D eigenvalue weighted by Crippen LogP contribution is -1.83. The number of unbranched alkanes of at least 4 members (excludes halogenated alkanes) is 15. The number of rotatable bonds is 16. The first-order valence-electron chi connectivity index (χ1n) is 8.97. The van der Waals surface area contributed by atoms with Crippen LogP contribution >= 0.6 is 22.6 Å². The Morgan fingerprint density at radius 1 is 0.450 bits per heavy atom. The van der Waals surface area contributed by atoms with Crippen molar-refractivity contribution in [2.24, 2.45) is 0 Å². The zero-order chi connectivity index (χ0) is 14.0. The molecule has 2 heteroatoms. The molecule has 0 aliphatic carbocycles. The van der Waals surface area contributed by atoms with Crippen LogP contribution in [0.2, 0.25) is 0 Å². The third-order valence-corrected chi connectivity index (χ3v) is 4.75. The first-order valence-corrected chi connectivity index (χ1v) is 10.5. The minimum absolute atomic E-state index is 0. The van der Waals surface area contributed by atoms with Gasteiger partial charge in [-0.25, -0.2) is 0 Å². The van der Waals surface area contributed by atoms with Gasteiger partial charge in [0.1, 0.15) is 0 Å². The molecule has 0 saturated carbocycles.